The Morgan fingerprint density at radius 2 is 1.89 bits per heavy atom. The van der Waals surface area contributed by atoms with Gasteiger partial charge in [0.1, 0.15) is 0 Å². The zero-order valence-electron chi connectivity index (χ0n) is 10.7. The van der Waals surface area contributed by atoms with Crippen molar-refractivity contribution in [3.63, 3.8) is 0 Å². The molecular weight excluding hydrogens is 330 g/mol. The molecule has 0 spiro atoms. The second-order valence-electron chi connectivity index (χ2n) is 4.04. The van der Waals surface area contributed by atoms with E-state index in [9.17, 15) is 9.59 Å². The van der Waals surface area contributed by atoms with Crippen LogP contribution in [0.5, 0.6) is 0 Å². The number of hydrogen-bond acceptors (Lipinski definition) is 3. The van der Waals surface area contributed by atoms with Gasteiger partial charge in [0.15, 0.2) is 0 Å². The van der Waals surface area contributed by atoms with E-state index in [2.05, 4.69) is 39.2 Å². The maximum Gasteiger partial charge on any atom is 0.316 e. The highest BCUT2D eigenvalue weighted by Crippen LogP contribution is 2.19. The van der Waals surface area contributed by atoms with Crippen molar-refractivity contribution in [2.24, 2.45) is 0 Å². The Labute approximate surface area is 126 Å². The van der Waals surface area contributed by atoms with Gasteiger partial charge < -0.3 is 15.5 Å². The summed E-state index contributed by atoms with van der Waals surface area (Å²) in [5, 5.41) is 5.38. The average molecular weight is 346 g/mol. The predicted octanol–water partition coefficient (Wildman–Crippen LogP) is 1.74. The molecule has 7 heteroatoms. The van der Waals surface area contributed by atoms with Gasteiger partial charge in [-0.15, -0.1) is 12.6 Å². The first-order valence-corrected chi connectivity index (χ1v) is 6.87. The SMILES string of the molecule is CN(C)C(=O)NCCNC(=O)c1ccc(Br)cc1S. The molecule has 0 aliphatic rings. The highest BCUT2D eigenvalue weighted by atomic mass is 79.9. The van der Waals surface area contributed by atoms with E-state index in [1.165, 1.54) is 4.90 Å². The minimum Gasteiger partial charge on any atom is -0.350 e. The third-order valence-corrected chi connectivity index (χ3v) is 3.16. The van der Waals surface area contributed by atoms with Gasteiger partial charge in [-0.05, 0) is 18.2 Å². The summed E-state index contributed by atoms with van der Waals surface area (Å²) in [5.74, 6) is -0.211. The molecule has 0 atom stereocenters. The molecule has 0 aromatic heterocycles. The van der Waals surface area contributed by atoms with E-state index in [0.29, 0.717) is 23.5 Å². The zero-order valence-corrected chi connectivity index (χ0v) is 13.2. The predicted molar refractivity (Wildman–Crippen MR) is 80.8 cm³/mol. The molecular formula is C12H16BrN3O2S. The minimum absolute atomic E-state index is 0.187. The summed E-state index contributed by atoms with van der Waals surface area (Å²) in [6.45, 7) is 0.739. The first kappa shape index (κ1) is 15.8. The number of thiol groups is 1. The molecule has 0 aliphatic carbocycles. The van der Waals surface area contributed by atoms with Crippen LogP contribution in [0.2, 0.25) is 0 Å². The molecule has 0 radical (unpaired) electrons. The van der Waals surface area contributed by atoms with Gasteiger partial charge in [0.25, 0.3) is 5.91 Å². The summed E-state index contributed by atoms with van der Waals surface area (Å²) in [6.07, 6.45) is 0. The van der Waals surface area contributed by atoms with Crippen LogP contribution in [-0.2, 0) is 0 Å². The molecule has 3 amide bonds. The number of hydrogen-bond donors (Lipinski definition) is 3. The van der Waals surface area contributed by atoms with E-state index < -0.39 is 0 Å². The van der Waals surface area contributed by atoms with Gasteiger partial charge in [-0.2, -0.15) is 0 Å². The van der Waals surface area contributed by atoms with E-state index in [1.807, 2.05) is 0 Å². The van der Waals surface area contributed by atoms with Gasteiger partial charge >= 0.3 is 6.03 Å². The van der Waals surface area contributed by atoms with Crippen LogP contribution >= 0.6 is 28.6 Å². The summed E-state index contributed by atoms with van der Waals surface area (Å²) < 4.78 is 0.868. The highest BCUT2D eigenvalue weighted by Gasteiger charge is 2.09. The lowest BCUT2D eigenvalue weighted by molar-refractivity contribution is 0.0951. The largest absolute Gasteiger partial charge is 0.350 e. The number of benzene rings is 1. The van der Waals surface area contributed by atoms with E-state index in [0.717, 1.165) is 4.47 Å². The number of carbonyl (C=O) groups is 2. The minimum atomic E-state index is -0.211. The third kappa shape index (κ3) is 5.12. The number of nitrogens with one attached hydrogen (secondary N) is 2. The van der Waals surface area contributed by atoms with Crippen LogP contribution in [0.3, 0.4) is 0 Å². The lowest BCUT2D eigenvalue weighted by Gasteiger charge is -2.12. The van der Waals surface area contributed by atoms with Crippen LogP contribution in [0.4, 0.5) is 4.79 Å². The van der Waals surface area contributed by atoms with Crippen LogP contribution in [-0.4, -0.2) is 44.0 Å². The van der Waals surface area contributed by atoms with Gasteiger partial charge in [0.05, 0.1) is 5.56 Å². The number of urea groups is 1. The summed E-state index contributed by atoms with van der Waals surface area (Å²) in [7, 11) is 3.31. The first-order chi connectivity index (χ1) is 8.91. The van der Waals surface area contributed by atoms with Crippen LogP contribution in [0.1, 0.15) is 10.4 Å². The number of halogens is 1. The fourth-order valence-electron chi connectivity index (χ4n) is 1.30. The summed E-state index contributed by atoms with van der Waals surface area (Å²) in [5.41, 5.74) is 0.505. The second kappa shape index (κ2) is 7.40. The van der Waals surface area contributed by atoms with Crippen LogP contribution < -0.4 is 10.6 Å². The van der Waals surface area contributed by atoms with Crippen molar-refractivity contribution in [3.8, 4) is 0 Å². The molecule has 104 valence electrons. The van der Waals surface area contributed by atoms with Crippen molar-refractivity contribution in [1.29, 1.82) is 0 Å². The maximum absolute atomic E-state index is 11.9. The Morgan fingerprint density at radius 1 is 1.26 bits per heavy atom. The molecule has 0 unspecified atom stereocenters. The van der Waals surface area contributed by atoms with Crippen molar-refractivity contribution >= 4 is 40.5 Å². The molecule has 0 aliphatic heterocycles. The Morgan fingerprint density at radius 3 is 2.47 bits per heavy atom. The topological polar surface area (TPSA) is 61.4 Å². The van der Waals surface area contributed by atoms with Crippen molar-refractivity contribution in [2.45, 2.75) is 4.90 Å². The lowest BCUT2D eigenvalue weighted by atomic mass is 10.2. The highest BCUT2D eigenvalue weighted by molar-refractivity contribution is 9.10. The molecule has 19 heavy (non-hydrogen) atoms. The molecule has 0 saturated heterocycles. The summed E-state index contributed by atoms with van der Waals surface area (Å²) in [4.78, 5) is 25.1. The van der Waals surface area contributed by atoms with Crippen LogP contribution in [0.15, 0.2) is 27.6 Å². The van der Waals surface area contributed by atoms with Gasteiger partial charge in [0, 0.05) is 36.6 Å². The van der Waals surface area contributed by atoms with Gasteiger partial charge in [-0.1, -0.05) is 15.9 Å². The molecule has 0 heterocycles. The van der Waals surface area contributed by atoms with Crippen molar-refractivity contribution in [2.75, 3.05) is 27.2 Å². The molecule has 1 aromatic carbocycles. The van der Waals surface area contributed by atoms with E-state index >= 15 is 0 Å². The number of amides is 3. The van der Waals surface area contributed by atoms with Gasteiger partial charge in [-0.25, -0.2) is 4.79 Å². The van der Waals surface area contributed by atoms with Crippen LogP contribution in [0, 0.1) is 0 Å². The first-order valence-electron chi connectivity index (χ1n) is 5.63. The van der Waals surface area contributed by atoms with E-state index in [4.69, 9.17) is 0 Å². The van der Waals surface area contributed by atoms with E-state index in [-0.39, 0.29) is 11.9 Å². The van der Waals surface area contributed by atoms with Gasteiger partial charge in [0.2, 0.25) is 0 Å². The van der Waals surface area contributed by atoms with Crippen molar-refractivity contribution < 1.29 is 9.59 Å². The normalized spacial score (nSPS) is 9.89. The monoisotopic (exact) mass is 345 g/mol. The van der Waals surface area contributed by atoms with Gasteiger partial charge in [-0.3, -0.25) is 4.79 Å². The molecule has 0 bridgehead atoms. The summed E-state index contributed by atoms with van der Waals surface area (Å²) in [6, 6.07) is 5.04. The zero-order chi connectivity index (χ0) is 14.4. The molecule has 2 N–H and O–H groups in total. The number of rotatable bonds is 4. The average Bonchev–Trinajstić information content (AvgIpc) is 2.33. The van der Waals surface area contributed by atoms with Crippen molar-refractivity contribution in [3.05, 3.63) is 28.2 Å². The Balaban J connectivity index is 2.41. The van der Waals surface area contributed by atoms with Crippen LogP contribution in [0.25, 0.3) is 0 Å². The molecule has 5 nitrogen and oxygen atoms in total. The number of carbonyl (C=O) groups excluding carboxylic acids is 2. The molecule has 1 rings (SSSR count). The quantitative estimate of drug-likeness (QED) is 0.575. The Bertz CT molecular complexity index is 480. The Kier molecular flexibility index (Phi) is 6.17. The molecule has 0 saturated carbocycles. The third-order valence-electron chi connectivity index (χ3n) is 2.30. The summed E-state index contributed by atoms with van der Waals surface area (Å²) >= 11 is 7.55. The smallest absolute Gasteiger partial charge is 0.316 e. The number of nitrogens with zero attached hydrogens (tertiary/aromatic N) is 1. The lowest BCUT2D eigenvalue weighted by Crippen LogP contribution is -2.39. The molecule has 0 fully saturated rings. The fourth-order valence-corrected chi connectivity index (χ4v) is 2.15. The van der Waals surface area contributed by atoms with E-state index in [1.54, 1.807) is 32.3 Å². The second-order valence-corrected chi connectivity index (χ2v) is 5.44. The fraction of sp³-hybridized carbons (Fsp3) is 0.333. The molecule has 1 aromatic rings. The standard InChI is InChI=1S/C12H16BrN3O2S/c1-16(2)12(18)15-6-5-14-11(17)9-4-3-8(13)7-10(9)19/h3-4,7,19H,5-6H2,1-2H3,(H,14,17)(H,15,18). The maximum atomic E-state index is 11.9. The Hall–Kier alpha value is -1.21. The van der Waals surface area contributed by atoms with Crippen molar-refractivity contribution in [1.82, 2.24) is 15.5 Å².